The van der Waals surface area contributed by atoms with Gasteiger partial charge in [0, 0.05) is 18.5 Å². The molecular formula is C16H20N2O3S. The van der Waals surface area contributed by atoms with Gasteiger partial charge in [0.15, 0.2) is 5.76 Å². The number of aromatic nitrogens is 1. The normalized spacial score (nSPS) is 18.2. The Hall–Kier alpha value is -1.66. The zero-order valence-corrected chi connectivity index (χ0v) is 14.1. The first-order valence-electron chi connectivity index (χ1n) is 7.25. The summed E-state index contributed by atoms with van der Waals surface area (Å²) in [4.78, 5) is 0.197. The molecule has 0 spiro atoms. The van der Waals surface area contributed by atoms with Crippen LogP contribution in [0.1, 0.15) is 36.4 Å². The Balaban J connectivity index is 2.08. The monoisotopic (exact) mass is 320 g/mol. The van der Waals surface area contributed by atoms with Crippen molar-refractivity contribution in [1.29, 1.82) is 0 Å². The summed E-state index contributed by atoms with van der Waals surface area (Å²) in [5.41, 5.74) is 2.43. The molecule has 0 amide bonds. The molecule has 0 atom stereocenters. The number of fused-ring (bicyclic) bond motifs is 1. The molecule has 0 aliphatic carbocycles. The van der Waals surface area contributed by atoms with E-state index in [-0.39, 0.29) is 10.3 Å². The van der Waals surface area contributed by atoms with E-state index in [1.165, 1.54) is 9.87 Å². The number of aryl methyl sites for hydroxylation is 2. The van der Waals surface area contributed by atoms with Crippen LogP contribution in [-0.4, -0.2) is 24.4 Å². The molecule has 1 aromatic carbocycles. The second kappa shape index (κ2) is 4.93. The molecule has 6 heteroatoms. The smallest absolute Gasteiger partial charge is 0.248 e. The zero-order valence-electron chi connectivity index (χ0n) is 13.3. The van der Waals surface area contributed by atoms with Crippen LogP contribution in [0.15, 0.2) is 33.7 Å². The highest BCUT2D eigenvalue weighted by atomic mass is 32.2. The van der Waals surface area contributed by atoms with Crippen molar-refractivity contribution in [1.82, 2.24) is 9.46 Å². The molecule has 1 aromatic heterocycles. The van der Waals surface area contributed by atoms with E-state index >= 15 is 0 Å². The van der Waals surface area contributed by atoms with Gasteiger partial charge in [-0.05, 0) is 25.0 Å². The Morgan fingerprint density at radius 3 is 2.55 bits per heavy atom. The Kier molecular flexibility index (Phi) is 3.41. The van der Waals surface area contributed by atoms with Crippen LogP contribution < -0.4 is 0 Å². The number of hydrogen-bond donors (Lipinski definition) is 0. The minimum atomic E-state index is -3.62. The van der Waals surface area contributed by atoms with Gasteiger partial charge in [0.1, 0.15) is 10.6 Å². The zero-order chi connectivity index (χ0) is 16.1. The topological polar surface area (TPSA) is 63.4 Å². The van der Waals surface area contributed by atoms with E-state index in [0.29, 0.717) is 24.5 Å². The Bertz CT molecular complexity index is 802. The molecule has 1 aliphatic rings. The predicted octanol–water partition coefficient (Wildman–Crippen LogP) is 2.77. The lowest BCUT2D eigenvalue weighted by Crippen LogP contribution is -2.45. The Morgan fingerprint density at radius 1 is 1.23 bits per heavy atom. The molecule has 0 N–H and O–H groups in total. The minimum Gasteiger partial charge on any atom is -0.360 e. The summed E-state index contributed by atoms with van der Waals surface area (Å²) in [6, 6.07) is 8.02. The maximum Gasteiger partial charge on any atom is 0.248 e. The van der Waals surface area contributed by atoms with Crippen molar-refractivity contribution < 1.29 is 12.9 Å². The minimum absolute atomic E-state index is 0.197. The molecule has 1 aliphatic heterocycles. The van der Waals surface area contributed by atoms with Crippen molar-refractivity contribution in [3.63, 3.8) is 0 Å². The first kappa shape index (κ1) is 15.2. The summed E-state index contributed by atoms with van der Waals surface area (Å²) in [7, 11) is -3.62. The molecule has 0 bridgehead atoms. The molecule has 22 heavy (non-hydrogen) atoms. The lowest BCUT2D eigenvalue weighted by Gasteiger charge is -2.39. The van der Waals surface area contributed by atoms with Gasteiger partial charge in [-0.3, -0.25) is 0 Å². The second-order valence-corrected chi connectivity index (χ2v) is 8.34. The highest BCUT2D eigenvalue weighted by Crippen LogP contribution is 2.36. The number of hydrogen-bond acceptors (Lipinski definition) is 4. The fraction of sp³-hybridized carbons (Fsp3) is 0.438. The molecule has 5 nitrogen and oxygen atoms in total. The van der Waals surface area contributed by atoms with E-state index in [0.717, 1.165) is 5.56 Å². The van der Waals surface area contributed by atoms with Crippen LogP contribution in [0.5, 0.6) is 0 Å². The van der Waals surface area contributed by atoms with E-state index in [4.69, 9.17) is 4.52 Å². The van der Waals surface area contributed by atoms with Gasteiger partial charge in [0.2, 0.25) is 10.0 Å². The predicted molar refractivity (Wildman–Crippen MR) is 83.0 cm³/mol. The summed E-state index contributed by atoms with van der Waals surface area (Å²) < 4.78 is 32.6. The van der Waals surface area contributed by atoms with Gasteiger partial charge < -0.3 is 4.52 Å². The summed E-state index contributed by atoms with van der Waals surface area (Å²) in [6.07, 6.45) is 0. The first-order chi connectivity index (χ1) is 10.2. The largest absolute Gasteiger partial charge is 0.360 e. The maximum atomic E-state index is 13.0. The molecule has 0 saturated carbocycles. The van der Waals surface area contributed by atoms with Crippen molar-refractivity contribution >= 4 is 10.0 Å². The second-order valence-electron chi connectivity index (χ2n) is 6.47. The standard InChI is InChI=1S/C16H20N2O3S/c1-11-15(12(2)21-17-11)22(19,20)18-9-13-7-5-6-8-14(13)16(3,4)10-18/h5-8H,9-10H2,1-4H3. The van der Waals surface area contributed by atoms with Gasteiger partial charge in [0.05, 0.1) is 0 Å². The van der Waals surface area contributed by atoms with Crippen molar-refractivity contribution in [3.05, 3.63) is 46.8 Å². The van der Waals surface area contributed by atoms with Crippen molar-refractivity contribution in [2.75, 3.05) is 6.54 Å². The fourth-order valence-corrected chi connectivity index (χ4v) is 5.10. The quantitative estimate of drug-likeness (QED) is 0.853. The van der Waals surface area contributed by atoms with E-state index in [2.05, 4.69) is 25.1 Å². The Labute approximate surface area is 131 Å². The number of sulfonamides is 1. The maximum absolute atomic E-state index is 13.0. The van der Waals surface area contributed by atoms with Gasteiger partial charge in [-0.2, -0.15) is 4.31 Å². The summed E-state index contributed by atoms with van der Waals surface area (Å²) in [6.45, 7) is 8.26. The average Bonchev–Trinajstić information content (AvgIpc) is 2.78. The van der Waals surface area contributed by atoms with Gasteiger partial charge >= 0.3 is 0 Å². The van der Waals surface area contributed by atoms with Gasteiger partial charge in [-0.15, -0.1) is 0 Å². The third-order valence-electron chi connectivity index (χ3n) is 4.23. The lowest BCUT2D eigenvalue weighted by molar-refractivity contribution is 0.299. The van der Waals surface area contributed by atoms with E-state index in [9.17, 15) is 8.42 Å². The molecule has 3 rings (SSSR count). The highest BCUT2D eigenvalue weighted by Gasteiger charge is 2.39. The molecule has 0 unspecified atom stereocenters. The van der Waals surface area contributed by atoms with Crippen molar-refractivity contribution in [2.45, 2.75) is 44.6 Å². The average molecular weight is 320 g/mol. The van der Waals surface area contributed by atoms with Gasteiger partial charge in [-0.1, -0.05) is 43.3 Å². The van der Waals surface area contributed by atoms with E-state index < -0.39 is 10.0 Å². The number of rotatable bonds is 2. The SMILES string of the molecule is Cc1noc(C)c1S(=O)(=O)N1Cc2ccccc2C(C)(C)C1. The van der Waals surface area contributed by atoms with Crippen LogP contribution in [0, 0.1) is 13.8 Å². The summed E-state index contributed by atoms with van der Waals surface area (Å²) in [5, 5.41) is 3.78. The molecule has 0 radical (unpaired) electrons. The molecule has 118 valence electrons. The van der Waals surface area contributed by atoms with Gasteiger partial charge in [0.25, 0.3) is 0 Å². The summed E-state index contributed by atoms with van der Waals surface area (Å²) >= 11 is 0. The third kappa shape index (κ3) is 2.27. The third-order valence-corrected chi connectivity index (χ3v) is 6.27. The van der Waals surface area contributed by atoms with Crippen molar-refractivity contribution in [3.8, 4) is 0 Å². The molecule has 0 saturated heterocycles. The van der Waals surface area contributed by atoms with Crippen LogP contribution in [-0.2, 0) is 22.0 Å². The van der Waals surface area contributed by atoms with Crippen LogP contribution in [0.3, 0.4) is 0 Å². The summed E-state index contributed by atoms with van der Waals surface area (Å²) in [5.74, 6) is 0.342. The molecule has 2 heterocycles. The van der Waals surface area contributed by atoms with E-state index in [1.807, 2.05) is 18.2 Å². The van der Waals surface area contributed by atoms with Crippen LogP contribution >= 0.6 is 0 Å². The molecule has 2 aromatic rings. The number of benzene rings is 1. The Morgan fingerprint density at radius 2 is 1.91 bits per heavy atom. The molecule has 0 fully saturated rings. The first-order valence-corrected chi connectivity index (χ1v) is 8.69. The molecular weight excluding hydrogens is 300 g/mol. The van der Waals surface area contributed by atoms with Crippen LogP contribution in [0.4, 0.5) is 0 Å². The fourth-order valence-electron chi connectivity index (χ4n) is 3.23. The highest BCUT2D eigenvalue weighted by molar-refractivity contribution is 7.89. The van der Waals surface area contributed by atoms with Crippen LogP contribution in [0.2, 0.25) is 0 Å². The van der Waals surface area contributed by atoms with Crippen molar-refractivity contribution in [2.24, 2.45) is 0 Å². The lowest BCUT2D eigenvalue weighted by atomic mass is 9.79. The van der Waals surface area contributed by atoms with Crippen LogP contribution in [0.25, 0.3) is 0 Å². The van der Waals surface area contributed by atoms with Gasteiger partial charge in [-0.25, -0.2) is 8.42 Å². The number of nitrogens with zero attached hydrogens (tertiary/aromatic N) is 2. The van der Waals surface area contributed by atoms with E-state index in [1.54, 1.807) is 13.8 Å².